The molecular formula is C18H17Cl2NO6. The van der Waals surface area contributed by atoms with Crippen molar-refractivity contribution in [1.29, 1.82) is 0 Å². The maximum Gasteiger partial charge on any atom is 0.342 e. The molecule has 0 bridgehead atoms. The van der Waals surface area contributed by atoms with Gasteiger partial charge in [0.2, 0.25) is 5.75 Å². The second-order valence-electron chi connectivity index (χ2n) is 5.16. The van der Waals surface area contributed by atoms with Crippen molar-refractivity contribution in [2.75, 3.05) is 33.3 Å². The molecule has 0 aliphatic carbocycles. The van der Waals surface area contributed by atoms with Gasteiger partial charge in [0.25, 0.3) is 5.91 Å². The molecule has 0 unspecified atom stereocenters. The lowest BCUT2D eigenvalue weighted by Gasteiger charge is -2.15. The number of hydrogen-bond donors (Lipinski definition) is 1. The number of carbonyl (C=O) groups excluding carboxylic acids is 2. The summed E-state index contributed by atoms with van der Waals surface area (Å²) in [5, 5.41) is 3.27. The first-order valence-corrected chi connectivity index (χ1v) is 8.37. The van der Waals surface area contributed by atoms with Crippen molar-refractivity contribution >= 4 is 40.8 Å². The summed E-state index contributed by atoms with van der Waals surface area (Å²) in [6.07, 6.45) is 0. The van der Waals surface area contributed by atoms with E-state index in [0.29, 0.717) is 21.5 Å². The molecule has 7 nitrogen and oxygen atoms in total. The Kier molecular flexibility index (Phi) is 7.15. The predicted molar refractivity (Wildman–Crippen MR) is 101 cm³/mol. The first-order valence-electron chi connectivity index (χ1n) is 7.61. The standard InChI is InChI=1S/C18H17Cl2NO6/c1-24-14-5-4-13(16(25-2)17(14)26-3)18(23)27-9-15(22)21-12-7-10(19)6-11(20)8-12/h4-8H,9H2,1-3H3,(H,21,22). The van der Waals surface area contributed by atoms with Crippen LogP contribution in [0.15, 0.2) is 30.3 Å². The molecule has 0 radical (unpaired) electrons. The van der Waals surface area contributed by atoms with Crippen LogP contribution in [0.4, 0.5) is 5.69 Å². The highest BCUT2D eigenvalue weighted by molar-refractivity contribution is 6.35. The van der Waals surface area contributed by atoms with Crippen LogP contribution in [0.2, 0.25) is 10.0 Å². The monoisotopic (exact) mass is 413 g/mol. The van der Waals surface area contributed by atoms with Crippen LogP contribution in [0.1, 0.15) is 10.4 Å². The summed E-state index contributed by atoms with van der Waals surface area (Å²) < 4.78 is 20.6. The van der Waals surface area contributed by atoms with Gasteiger partial charge < -0.3 is 24.3 Å². The average Bonchev–Trinajstić information content (AvgIpc) is 2.63. The lowest BCUT2D eigenvalue weighted by Crippen LogP contribution is -2.21. The maximum absolute atomic E-state index is 12.3. The van der Waals surface area contributed by atoms with E-state index in [4.69, 9.17) is 42.1 Å². The lowest BCUT2D eigenvalue weighted by molar-refractivity contribution is -0.119. The molecule has 0 heterocycles. The van der Waals surface area contributed by atoms with Gasteiger partial charge in [-0.3, -0.25) is 4.79 Å². The van der Waals surface area contributed by atoms with Gasteiger partial charge in [-0.2, -0.15) is 0 Å². The molecule has 0 aromatic heterocycles. The smallest absolute Gasteiger partial charge is 0.342 e. The van der Waals surface area contributed by atoms with Crippen LogP contribution in [0.3, 0.4) is 0 Å². The Morgan fingerprint density at radius 2 is 1.56 bits per heavy atom. The fourth-order valence-corrected chi connectivity index (χ4v) is 2.82. The zero-order valence-corrected chi connectivity index (χ0v) is 16.3. The summed E-state index contributed by atoms with van der Waals surface area (Å²) in [7, 11) is 4.25. The summed E-state index contributed by atoms with van der Waals surface area (Å²) in [5.74, 6) is -0.536. The van der Waals surface area contributed by atoms with Crippen molar-refractivity contribution in [1.82, 2.24) is 0 Å². The van der Waals surface area contributed by atoms with Crippen LogP contribution in [-0.4, -0.2) is 39.8 Å². The summed E-state index contributed by atoms with van der Waals surface area (Å²) in [4.78, 5) is 24.3. The van der Waals surface area contributed by atoms with Crippen LogP contribution >= 0.6 is 23.2 Å². The molecule has 0 saturated heterocycles. The van der Waals surface area contributed by atoms with E-state index in [1.165, 1.54) is 51.7 Å². The van der Waals surface area contributed by atoms with Crippen LogP contribution < -0.4 is 19.5 Å². The van der Waals surface area contributed by atoms with E-state index in [9.17, 15) is 9.59 Å². The number of anilines is 1. The number of ether oxygens (including phenoxy) is 4. The van der Waals surface area contributed by atoms with E-state index >= 15 is 0 Å². The van der Waals surface area contributed by atoms with Gasteiger partial charge in [-0.25, -0.2) is 4.79 Å². The van der Waals surface area contributed by atoms with Crippen molar-refractivity contribution in [3.05, 3.63) is 45.9 Å². The second-order valence-corrected chi connectivity index (χ2v) is 6.04. The summed E-state index contributed by atoms with van der Waals surface area (Å²) >= 11 is 11.7. The van der Waals surface area contributed by atoms with Gasteiger partial charge in [0, 0.05) is 15.7 Å². The van der Waals surface area contributed by atoms with Crippen molar-refractivity contribution in [2.24, 2.45) is 0 Å². The van der Waals surface area contributed by atoms with Crippen LogP contribution in [0, 0.1) is 0 Å². The fraction of sp³-hybridized carbons (Fsp3) is 0.222. The van der Waals surface area contributed by atoms with Crippen molar-refractivity contribution < 1.29 is 28.5 Å². The molecule has 9 heteroatoms. The minimum absolute atomic E-state index is 0.0914. The maximum atomic E-state index is 12.3. The Bertz CT molecular complexity index is 836. The minimum Gasteiger partial charge on any atom is -0.493 e. The lowest BCUT2D eigenvalue weighted by atomic mass is 10.1. The topological polar surface area (TPSA) is 83.1 Å². The highest BCUT2D eigenvalue weighted by Crippen LogP contribution is 2.39. The van der Waals surface area contributed by atoms with Gasteiger partial charge in [0.15, 0.2) is 18.1 Å². The average molecular weight is 414 g/mol. The molecule has 0 aliphatic heterocycles. The van der Waals surface area contributed by atoms with E-state index < -0.39 is 18.5 Å². The van der Waals surface area contributed by atoms with Crippen LogP contribution in [-0.2, 0) is 9.53 Å². The zero-order chi connectivity index (χ0) is 20.0. The van der Waals surface area contributed by atoms with Crippen molar-refractivity contribution in [3.63, 3.8) is 0 Å². The third-order valence-electron chi connectivity index (χ3n) is 3.40. The third-order valence-corrected chi connectivity index (χ3v) is 3.84. The van der Waals surface area contributed by atoms with Crippen LogP contribution in [0.5, 0.6) is 17.2 Å². The fourth-order valence-electron chi connectivity index (χ4n) is 2.29. The Balaban J connectivity index is 2.08. The molecule has 2 rings (SSSR count). The Labute approximate surface area is 166 Å². The van der Waals surface area contributed by atoms with E-state index in [0.717, 1.165) is 0 Å². The molecule has 144 valence electrons. The number of halogens is 2. The molecule has 0 saturated carbocycles. The molecule has 0 spiro atoms. The van der Waals surface area contributed by atoms with Crippen LogP contribution in [0.25, 0.3) is 0 Å². The van der Waals surface area contributed by atoms with E-state index in [2.05, 4.69) is 5.32 Å². The molecular weight excluding hydrogens is 397 g/mol. The molecule has 2 aromatic rings. The summed E-state index contributed by atoms with van der Waals surface area (Å²) in [6.45, 7) is -0.513. The summed E-state index contributed by atoms with van der Waals surface area (Å²) in [6, 6.07) is 7.56. The Hall–Kier alpha value is -2.64. The van der Waals surface area contributed by atoms with Gasteiger partial charge >= 0.3 is 5.97 Å². The van der Waals surface area contributed by atoms with Gasteiger partial charge in [-0.05, 0) is 30.3 Å². The molecule has 1 amide bonds. The van der Waals surface area contributed by atoms with Gasteiger partial charge in [-0.15, -0.1) is 0 Å². The SMILES string of the molecule is COc1ccc(C(=O)OCC(=O)Nc2cc(Cl)cc(Cl)c2)c(OC)c1OC. The van der Waals surface area contributed by atoms with Gasteiger partial charge in [0.1, 0.15) is 5.56 Å². The van der Waals surface area contributed by atoms with Gasteiger partial charge in [-0.1, -0.05) is 23.2 Å². The number of rotatable bonds is 7. The highest BCUT2D eigenvalue weighted by Gasteiger charge is 2.22. The largest absolute Gasteiger partial charge is 0.493 e. The number of carbonyl (C=O) groups is 2. The molecule has 1 N–H and O–H groups in total. The molecule has 0 aliphatic rings. The number of amides is 1. The predicted octanol–water partition coefficient (Wildman–Crippen LogP) is 3.81. The number of benzene rings is 2. The Morgan fingerprint density at radius 3 is 2.11 bits per heavy atom. The highest BCUT2D eigenvalue weighted by atomic mass is 35.5. The molecule has 0 atom stereocenters. The van der Waals surface area contributed by atoms with Crippen molar-refractivity contribution in [2.45, 2.75) is 0 Å². The minimum atomic E-state index is -0.757. The van der Waals surface area contributed by atoms with E-state index in [1.807, 2.05) is 0 Å². The van der Waals surface area contributed by atoms with Crippen molar-refractivity contribution in [3.8, 4) is 17.2 Å². The summed E-state index contributed by atoms with van der Waals surface area (Å²) in [5.41, 5.74) is 0.478. The number of esters is 1. The zero-order valence-electron chi connectivity index (χ0n) is 14.8. The molecule has 0 fully saturated rings. The third kappa shape index (κ3) is 5.18. The number of hydrogen-bond acceptors (Lipinski definition) is 6. The quantitative estimate of drug-likeness (QED) is 0.694. The first-order chi connectivity index (χ1) is 12.9. The second kappa shape index (κ2) is 9.34. The number of methoxy groups -OCH3 is 3. The first kappa shape index (κ1) is 20.7. The van der Waals surface area contributed by atoms with E-state index in [-0.39, 0.29) is 17.1 Å². The van der Waals surface area contributed by atoms with E-state index in [1.54, 1.807) is 0 Å². The molecule has 2 aromatic carbocycles. The normalized spacial score (nSPS) is 10.1. The van der Waals surface area contributed by atoms with Gasteiger partial charge in [0.05, 0.1) is 21.3 Å². The Morgan fingerprint density at radius 1 is 0.926 bits per heavy atom. The molecule has 27 heavy (non-hydrogen) atoms. The number of nitrogens with one attached hydrogen (secondary N) is 1.